The summed E-state index contributed by atoms with van der Waals surface area (Å²) >= 11 is 0. The minimum atomic E-state index is -1.02. The van der Waals surface area contributed by atoms with E-state index in [1.165, 1.54) is 0 Å². The van der Waals surface area contributed by atoms with E-state index in [2.05, 4.69) is 0 Å². The number of carboxylic acid groups (broad SMARTS) is 1. The van der Waals surface area contributed by atoms with Crippen molar-refractivity contribution < 1.29 is 19.4 Å². The van der Waals surface area contributed by atoms with E-state index in [0.29, 0.717) is 25.9 Å². The van der Waals surface area contributed by atoms with Crippen LogP contribution in [-0.2, 0) is 16.0 Å². The molecule has 0 aliphatic carbocycles. The Morgan fingerprint density at radius 1 is 1.53 bits per heavy atom. The summed E-state index contributed by atoms with van der Waals surface area (Å²) in [5.74, 6) is -1.36. The standard InChI is InChI=1S/C14H17NO4/c1-19-11-4-2-3-10(9-11)5-7-15-8-6-12(13(15)16)14(17)18/h2-4,9,12H,5-8H2,1H3,(H,17,18). The lowest BCUT2D eigenvalue weighted by Gasteiger charge is -2.16. The van der Waals surface area contributed by atoms with Gasteiger partial charge in [-0.15, -0.1) is 0 Å². The second-order valence-corrected chi connectivity index (χ2v) is 4.61. The van der Waals surface area contributed by atoms with Crippen molar-refractivity contribution in [3.63, 3.8) is 0 Å². The summed E-state index contributed by atoms with van der Waals surface area (Å²) in [6.45, 7) is 1.08. The van der Waals surface area contributed by atoms with Crippen LogP contribution in [0.4, 0.5) is 0 Å². The smallest absolute Gasteiger partial charge is 0.316 e. The number of hydrogen-bond donors (Lipinski definition) is 1. The lowest BCUT2D eigenvalue weighted by molar-refractivity contribution is -0.147. The van der Waals surface area contributed by atoms with Crippen molar-refractivity contribution in [3.05, 3.63) is 29.8 Å². The minimum absolute atomic E-state index is 0.268. The molecule has 0 aromatic heterocycles. The summed E-state index contributed by atoms with van der Waals surface area (Å²) in [6.07, 6.45) is 1.11. The molecule has 1 aliphatic rings. The number of rotatable bonds is 5. The lowest BCUT2D eigenvalue weighted by atomic mass is 10.1. The van der Waals surface area contributed by atoms with Gasteiger partial charge in [-0.1, -0.05) is 12.1 Å². The van der Waals surface area contributed by atoms with Crippen LogP contribution in [0.15, 0.2) is 24.3 Å². The normalized spacial score (nSPS) is 18.7. The molecule has 1 aromatic carbocycles. The van der Waals surface area contributed by atoms with Crippen LogP contribution < -0.4 is 4.74 Å². The molecule has 0 radical (unpaired) electrons. The zero-order valence-corrected chi connectivity index (χ0v) is 10.8. The monoisotopic (exact) mass is 263 g/mol. The van der Waals surface area contributed by atoms with E-state index in [4.69, 9.17) is 9.84 Å². The fraction of sp³-hybridized carbons (Fsp3) is 0.429. The molecule has 0 saturated carbocycles. The van der Waals surface area contributed by atoms with Gasteiger partial charge in [-0.25, -0.2) is 0 Å². The summed E-state index contributed by atoms with van der Waals surface area (Å²) in [5, 5.41) is 8.89. The number of methoxy groups -OCH3 is 1. The van der Waals surface area contributed by atoms with E-state index in [-0.39, 0.29) is 5.91 Å². The van der Waals surface area contributed by atoms with E-state index in [1.54, 1.807) is 12.0 Å². The Balaban J connectivity index is 1.92. The van der Waals surface area contributed by atoms with Crippen molar-refractivity contribution in [2.45, 2.75) is 12.8 Å². The van der Waals surface area contributed by atoms with Crippen molar-refractivity contribution >= 4 is 11.9 Å². The maximum absolute atomic E-state index is 11.8. The van der Waals surface area contributed by atoms with Gasteiger partial charge in [0.25, 0.3) is 0 Å². The number of aliphatic carboxylic acids is 1. The fourth-order valence-corrected chi connectivity index (χ4v) is 2.28. The zero-order chi connectivity index (χ0) is 13.8. The topological polar surface area (TPSA) is 66.8 Å². The number of ether oxygens (including phenoxy) is 1. The number of carboxylic acids is 1. The highest BCUT2D eigenvalue weighted by Crippen LogP contribution is 2.19. The number of nitrogens with zero attached hydrogens (tertiary/aromatic N) is 1. The van der Waals surface area contributed by atoms with Crippen molar-refractivity contribution in [2.24, 2.45) is 5.92 Å². The van der Waals surface area contributed by atoms with Crippen LogP contribution in [0.5, 0.6) is 5.75 Å². The maximum atomic E-state index is 11.8. The Morgan fingerprint density at radius 3 is 2.95 bits per heavy atom. The van der Waals surface area contributed by atoms with E-state index >= 15 is 0 Å². The predicted octanol–water partition coefficient (Wildman–Crippen LogP) is 1.17. The van der Waals surface area contributed by atoms with Crippen LogP contribution >= 0.6 is 0 Å². The second kappa shape index (κ2) is 5.73. The van der Waals surface area contributed by atoms with Crippen molar-refractivity contribution in [1.82, 2.24) is 4.90 Å². The molecule has 2 rings (SSSR count). The third-order valence-corrected chi connectivity index (χ3v) is 3.40. The van der Waals surface area contributed by atoms with Crippen LogP contribution in [0, 0.1) is 5.92 Å². The molecule has 5 nitrogen and oxygen atoms in total. The third kappa shape index (κ3) is 3.05. The van der Waals surface area contributed by atoms with E-state index < -0.39 is 11.9 Å². The summed E-state index contributed by atoms with van der Waals surface area (Å²) in [5.41, 5.74) is 1.07. The first kappa shape index (κ1) is 13.4. The molecule has 1 atom stereocenters. The van der Waals surface area contributed by atoms with Gasteiger partial charge in [0, 0.05) is 13.1 Å². The van der Waals surface area contributed by atoms with Crippen LogP contribution in [0.25, 0.3) is 0 Å². The van der Waals surface area contributed by atoms with Crippen LogP contribution in [-0.4, -0.2) is 42.1 Å². The quantitative estimate of drug-likeness (QED) is 0.810. The van der Waals surface area contributed by atoms with E-state index in [0.717, 1.165) is 11.3 Å². The average molecular weight is 263 g/mol. The Morgan fingerprint density at radius 2 is 2.32 bits per heavy atom. The highest BCUT2D eigenvalue weighted by Gasteiger charge is 2.36. The van der Waals surface area contributed by atoms with Crippen LogP contribution in [0.3, 0.4) is 0 Å². The molecule has 5 heteroatoms. The van der Waals surface area contributed by atoms with E-state index in [1.807, 2.05) is 24.3 Å². The average Bonchev–Trinajstić information content (AvgIpc) is 2.78. The molecular weight excluding hydrogens is 246 g/mol. The maximum Gasteiger partial charge on any atom is 0.316 e. The van der Waals surface area contributed by atoms with Crippen molar-refractivity contribution in [3.8, 4) is 5.75 Å². The van der Waals surface area contributed by atoms with Gasteiger partial charge in [-0.2, -0.15) is 0 Å². The number of carbonyl (C=O) groups excluding carboxylic acids is 1. The highest BCUT2D eigenvalue weighted by atomic mass is 16.5. The molecule has 1 unspecified atom stereocenters. The third-order valence-electron chi connectivity index (χ3n) is 3.40. The Labute approximate surface area is 111 Å². The SMILES string of the molecule is COc1cccc(CCN2CCC(C(=O)O)C2=O)c1. The van der Waals surface area contributed by atoms with Crippen molar-refractivity contribution in [1.29, 1.82) is 0 Å². The lowest BCUT2D eigenvalue weighted by Crippen LogP contribution is -2.31. The minimum Gasteiger partial charge on any atom is -0.497 e. The molecule has 1 N–H and O–H groups in total. The first-order valence-corrected chi connectivity index (χ1v) is 6.26. The number of hydrogen-bond acceptors (Lipinski definition) is 3. The summed E-state index contributed by atoms with van der Waals surface area (Å²) in [4.78, 5) is 24.3. The molecule has 102 valence electrons. The molecule has 1 aliphatic heterocycles. The number of likely N-dealkylation sites (tertiary alicyclic amines) is 1. The van der Waals surface area contributed by atoms with Gasteiger partial charge in [0.1, 0.15) is 11.7 Å². The van der Waals surface area contributed by atoms with Crippen LogP contribution in [0.1, 0.15) is 12.0 Å². The van der Waals surface area contributed by atoms with Gasteiger partial charge in [-0.05, 0) is 30.5 Å². The molecule has 1 aromatic rings. The largest absolute Gasteiger partial charge is 0.497 e. The fourth-order valence-electron chi connectivity index (χ4n) is 2.28. The number of amides is 1. The highest BCUT2D eigenvalue weighted by molar-refractivity contribution is 5.98. The predicted molar refractivity (Wildman–Crippen MR) is 69.0 cm³/mol. The van der Waals surface area contributed by atoms with Gasteiger partial charge < -0.3 is 14.7 Å². The van der Waals surface area contributed by atoms with E-state index in [9.17, 15) is 9.59 Å². The Hall–Kier alpha value is -2.04. The molecule has 1 heterocycles. The summed E-state index contributed by atoms with van der Waals surface area (Å²) < 4.78 is 5.14. The summed E-state index contributed by atoms with van der Waals surface area (Å²) in [6, 6.07) is 7.66. The van der Waals surface area contributed by atoms with Gasteiger partial charge in [0.05, 0.1) is 7.11 Å². The van der Waals surface area contributed by atoms with Crippen LogP contribution in [0.2, 0.25) is 0 Å². The first-order chi connectivity index (χ1) is 9.11. The second-order valence-electron chi connectivity index (χ2n) is 4.61. The molecule has 0 spiro atoms. The summed E-state index contributed by atoms with van der Waals surface area (Å²) in [7, 11) is 1.61. The van der Waals surface area contributed by atoms with Gasteiger partial charge in [0.15, 0.2) is 0 Å². The van der Waals surface area contributed by atoms with Gasteiger partial charge in [0.2, 0.25) is 5.91 Å². The first-order valence-electron chi connectivity index (χ1n) is 6.26. The Bertz CT molecular complexity index is 486. The zero-order valence-electron chi connectivity index (χ0n) is 10.8. The van der Waals surface area contributed by atoms with Gasteiger partial charge >= 0.3 is 5.97 Å². The molecule has 1 amide bonds. The molecular formula is C14H17NO4. The Kier molecular flexibility index (Phi) is 4.04. The molecule has 0 bridgehead atoms. The van der Waals surface area contributed by atoms with Crippen molar-refractivity contribution in [2.75, 3.05) is 20.2 Å². The number of benzene rings is 1. The molecule has 1 saturated heterocycles. The number of carbonyl (C=O) groups is 2. The molecule has 19 heavy (non-hydrogen) atoms. The van der Waals surface area contributed by atoms with Gasteiger partial charge in [-0.3, -0.25) is 9.59 Å². The molecule has 1 fully saturated rings.